The Morgan fingerprint density at radius 2 is 2.07 bits per heavy atom. The van der Waals surface area contributed by atoms with Crippen LogP contribution in [0.2, 0.25) is 5.02 Å². The zero-order valence-electron chi connectivity index (χ0n) is 15.0. The molecule has 0 fully saturated rings. The molecule has 7 nitrogen and oxygen atoms in total. The van der Waals surface area contributed by atoms with Gasteiger partial charge < -0.3 is 15.1 Å². The number of amides is 1. The molecule has 0 aliphatic carbocycles. The molecule has 1 amide bonds. The molecular formula is C20H15ClFN5O2. The highest BCUT2D eigenvalue weighted by Gasteiger charge is 2.18. The number of carbonyl (C=O) groups excluding carboxylic acids is 1. The summed E-state index contributed by atoms with van der Waals surface area (Å²) in [6.07, 6.45) is 2.89. The Bertz CT molecular complexity index is 1110. The third-order valence-electron chi connectivity index (χ3n) is 3.97. The minimum atomic E-state index is -0.595. The molecule has 0 atom stereocenters. The van der Waals surface area contributed by atoms with E-state index in [0.29, 0.717) is 10.6 Å². The lowest BCUT2D eigenvalue weighted by atomic mass is 10.1. The predicted molar refractivity (Wildman–Crippen MR) is 105 cm³/mol. The molecule has 0 bridgehead atoms. The van der Waals surface area contributed by atoms with Crippen LogP contribution in [0.1, 0.15) is 22.6 Å². The summed E-state index contributed by atoms with van der Waals surface area (Å²) < 4.78 is 19.4. The molecule has 0 unspecified atom stereocenters. The van der Waals surface area contributed by atoms with Crippen LogP contribution in [0.15, 0.2) is 53.0 Å². The van der Waals surface area contributed by atoms with Crippen molar-refractivity contribution in [3.8, 4) is 6.07 Å². The maximum Gasteiger partial charge on any atom is 0.312 e. The number of benzene rings is 2. The van der Waals surface area contributed by atoms with Gasteiger partial charge in [0.05, 0.1) is 18.2 Å². The molecule has 0 aliphatic heterocycles. The second-order valence-corrected chi connectivity index (χ2v) is 6.41. The Morgan fingerprint density at radius 3 is 2.72 bits per heavy atom. The average molecular weight is 412 g/mol. The first-order valence-electron chi connectivity index (χ1n) is 8.44. The number of aromatic nitrogens is 2. The van der Waals surface area contributed by atoms with Gasteiger partial charge in [0, 0.05) is 23.2 Å². The van der Waals surface area contributed by atoms with Crippen LogP contribution in [-0.2, 0) is 17.9 Å². The fourth-order valence-corrected chi connectivity index (χ4v) is 2.73. The number of nitriles is 1. The van der Waals surface area contributed by atoms with Gasteiger partial charge in [-0.15, -0.1) is 5.10 Å². The van der Waals surface area contributed by atoms with Crippen LogP contribution >= 0.6 is 11.6 Å². The Hall–Kier alpha value is -3.70. The first-order chi connectivity index (χ1) is 14.0. The van der Waals surface area contributed by atoms with Gasteiger partial charge in [-0.3, -0.25) is 4.79 Å². The van der Waals surface area contributed by atoms with Crippen molar-refractivity contribution in [1.29, 1.82) is 5.26 Å². The summed E-state index contributed by atoms with van der Waals surface area (Å²) >= 11 is 6.10. The van der Waals surface area contributed by atoms with Crippen LogP contribution in [0.25, 0.3) is 6.08 Å². The molecule has 2 aromatic carbocycles. The number of anilines is 1. The molecule has 1 heterocycles. The maximum absolute atomic E-state index is 14.3. The summed E-state index contributed by atoms with van der Waals surface area (Å²) in [6.45, 7) is -0.152. The van der Waals surface area contributed by atoms with E-state index < -0.39 is 11.7 Å². The van der Waals surface area contributed by atoms with Gasteiger partial charge in [-0.05, 0) is 29.8 Å². The van der Waals surface area contributed by atoms with E-state index in [2.05, 4.69) is 10.2 Å². The van der Waals surface area contributed by atoms with Crippen molar-refractivity contribution in [2.24, 2.45) is 0 Å². The molecule has 2 N–H and O–H groups in total. The van der Waals surface area contributed by atoms with E-state index in [1.54, 1.807) is 30.3 Å². The van der Waals surface area contributed by atoms with E-state index in [4.69, 9.17) is 27.0 Å². The topological polar surface area (TPSA) is 109 Å². The summed E-state index contributed by atoms with van der Waals surface area (Å²) in [6, 6.07) is 12.8. The van der Waals surface area contributed by atoms with E-state index in [-0.39, 0.29) is 36.1 Å². The first-order valence-corrected chi connectivity index (χ1v) is 8.82. The third kappa shape index (κ3) is 5.18. The van der Waals surface area contributed by atoms with E-state index in [0.717, 1.165) is 6.07 Å². The van der Waals surface area contributed by atoms with Crippen molar-refractivity contribution in [2.75, 3.05) is 5.73 Å². The van der Waals surface area contributed by atoms with Crippen molar-refractivity contribution >= 4 is 29.6 Å². The van der Waals surface area contributed by atoms with E-state index in [1.165, 1.54) is 23.1 Å². The minimum Gasteiger partial charge on any atom is -0.406 e. The Morgan fingerprint density at radius 1 is 1.28 bits per heavy atom. The largest absolute Gasteiger partial charge is 0.406 e. The Kier molecular flexibility index (Phi) is 6.22. The summed E-state index contributed by atoms with van der Waals surface area (Å²) in [5.41, 5.74) is 6.51. The smallest absolute Gasteiger partial charge is 0.312 e. The molecule has 0 radical (unpaired) electrons. The molecule has 0 saturated carbocycles. The SMILES string of the molecule is N#Cc1ccc(CN(Cc2nnc(N)o2)C(=O)/C=C/c2ccccc2Cl)c(F)c1. The molecule has 0 spiro atoms. The number of hydrogen-bond donors (Lipinski definition) is 1. The van der Waals surface area contributed by atoms with Crippen molar-refractivity contribution in [1.82, 2.24) is 15.1 Å². The highest BCUT2D eigenvalue weighted by atomic mass is 35.5. The van der Waals surface area contributed by atoms with Gasteiger partial charge in [0.15, 0.2) is 0 Å². The molecule has 146 valence electrons. The lowest BCUT2D eigenvalue weighted by molar-refractivity contribution is -0.127. The fraction of sp³-hybridized carbons (Fsp3) is 0.100. The van der Waals surface area contributed by atoms with Crippen LogP contribution in [-0.4, -0.2) is 21.0 Å². The summed E-state index contributed by atoms with van der Waals surface area (Å²) in [4.78, 5) is 14.1. The van der Waals surface area contributed by atoms with Crippen LogP contribution in [0.4, 0.5) is 10.4 Å². The number of rotatable bonds is 6. The summed E-state index contributed by atoms with van der Waals surface area (Å²) in [7, 11) is 0. The van der Waals surface area contributed by atoms with Crippen LogP contribution in [0, 0.1) is 17.1 Å². The van der Waals surface area contributed by atoms with Gasteiger partial charge in [-0.2, -0.15) is 5.26 Å². The van der Waals surface area contributed by atoms with Gasteiger partial charge in [-0.25, -0.2) is 4.39 Å². The quantitative estimate of drug-likeness (QED) is 0.621. The predicted octanol–water partition coefficient (Wildman–Crippen LogP) is 3.56. The Balaban J connectivity index is 1.85. The van der Waals surface area contributed by atoms with E-state index >= 15 is 0 Å². The first kappa shape index (κ1) is 20.0. The number of nitrogens with two attached hydrogens (primary N) is 1. The summed E-state index contributed by atoms with van der Waals surface area (Å²) in [5, 5.41) is 16.7. The molecule has 29 heavy (non-hydrogen) atoms. The van der Waals surface area contributed by atoms with Crippen molar-refractivity contribution in [3.05, 3.63) is 82.0 Å². The summed E-state index contributed by atoms with van der Waals surface area (Å²) in [5.74, 6) is -0.913. The van der Waals surface area contributed by atoms with Crippen LogP contribution < -0.4 is 5.73 Å². The van der Waals surface area contributed by atoms with Crippen molar-refractivity contribution in [3.63, 3.8) is 0 Å². The number of carbonyl (C=O) groups is 1. The van der Waals surface area contributed by atoms with Crippen molar-refractivity contribution < 1.29 is 13.6 Å². The lowest BCUT2D eigenvalue weighted by Crippen LogP contribution is -2.29. The Labute approximate surface area is 170 Å². The second-order valence-electron chi connectivity index (χ2n) is 6.00. The number of nitrogen functional groups attached to an aromatic ring is 1. The standard InChI is InChI=1S/C20H15ClFN5O2/c21-16-4-2-1-3-14(16)7-8-19(28)27(12-18-25-26-20(24)29-18)11-15-6-5-13(10-23)9-17(15)22/h1-9H,11-12H2,(H2,24,26)/b8-7+. The van der Waals surface area contributed by atoms with Crippen LogP contribution in [0.5, 0.6) is 0 Å². The molecule has 3 rings (SSSR count). The zero-order chi connectivity index (χ0) is 20.8. The molecule has 0 saturated heterocycles. The number of nitrogens with zero attached hydrogens (tertiary/aromatic N) is 4. The highest BCUT2D eigenvalue weighted by Crippen LogP contribution is 2.18. The normalized spacial score (nSPS) is 10.8. The van der Waals surface area contributed by atoms with Crippen LogP contribution in [0.3, 0.4) is 0 Å². The van der Waals surface area contributed by atoms with Gasteiger partial charge in [-0.1, -0.05) is 41.0 Å². The minimum absolute atomic E-state index is 0.0741. The monoisotopic (exact) mass is 411 g/mol. The lowest BCUT2D eigenvalue weighted by Gasteiger charge is -2.20. The molecule has 3 aromatic rings. The second kappa shape index (κ2) is 8.99. The average Bonchev–Trinajstić information content (AvgIpc) is 3.12. The highest BCUT2D eigenvalue weighted by molar-refractivity contribution is 6.32. The molecular weight excluding hydrogens is 397 g/mol. The molecule has 0 aliphatic rings. The van der Waals surface area contributed by atoms with Gasteiger partial charge in [0.1, 0.15) is 5.82 Å². The van der Waals surface area contributed by atoms with Gasteiger partial charge in [0.25, 0.3) is 0 Å². The fourth-order valence-electron chi connectivity index (χ4n) is 2.53. The zero-order valence-corrected chi connectivity index (χ0v) is 15.8. The maximum atomic E-state index is 14.3. The molecule has 1 aromatic heterocycles. The van der Waals surface area contributed by atoms with Crippen molar-refractivity contribution in [2.45, 2.75) is 13.1 Å². The van der Waals surface area contributed by atoms with E-state index in [1.807, 2.05) is 6.07 Å². The van der Waals surface area contributed by atoms with E-state index in [9.17, 15) is 9.18 Å². The number of hydrogen-bond acceptors (Lipinski definition) is 6. The van der Waals surface area contributed by atoms with Gasteiger partial charge >= 0.3 is 6.01 Å². The van der Waals surface area contributed by atoms with Gasteiger partial charge in [0.2, 0.25) is 11.8 Å². The number of halogens is 2. The molecule has 9 heteroatoms. The third-order valence-corrected chi connectivity index (χ3v) is 4.32.